The van der Waals surface area contributed by atoms with Crippen molar-refractivity contribution in [2.24, 2.45) is 5.73 Å². The van der Waals surface area contributed by atoms with Crippen molar-refractivity contribution in [1.82, 2.24) is 5.32 Å². The highest BCUT2D eigenvalue weighted by Gasteiger charge is 2.34. The Morgan fingerprint density at radius 1 is 1.00 bits per heavy atom. The Morgan fingerprint density at radius 2 is 1.67 bits per heavy atom. The third kappa shape index (κ3) is 5.73. The van der Waals surface area contributed by atoms with E-state index in [0.717, 1.165) is 12.1 Å². The molecule has 0 spiro atoms. The zero-order chi connectivity index (χ0) is 20.0. The standard InChI is InChI=1S/C17H15F3N4O3/c18-17(19,20)12-8-11(23-15(26)10-4-2-1-3-5-10)6-7-13(12)22-9-14(25)24-16(21)27/h1-8,22H,9H2,(H,23,26)(H3,21,24,25,27). The summed E-state index contributed by atoms with van der Waals surface area (Å²) in [6, 6.07) is 9.95. The molecule has 7 nitrogen and oxygen atoms in total. The number of benzene rings is 2. The maximum absolute atomic E-state index is 13.3. The number of halogens is 3. The summed E-state index contributed by atoms with van der Waals surface area (Å²) in [5.74, 6) is -1.46. The van der Waals surface area contributed by atoms with E-state index < -0.39 is 36.1 Å². The van der Waals surface area contributed by atoms with Crippen LogP contribution in [0.4, 0.5) is 29.3 Å². The quantitative estimate of drug-likeness (QED) is 0.638. The molecule has 142 valence electrons. The number of amides is 4. The number of hydrogen-bond donors (Lipinski definition) is 4. The zero-order valence-electron chi connectivity index (χ0n) is 13.8. The number of urea groups is 1. The molecule has 0 fully saturated rings. The zero-order valence-corrected chi connectivity index (χ0v) is 13.8. The third-order valence-electron chi connectivity index (χ3n) is 3.32. The molecule has 0 aliphatic rings. The van der Waals surface area contributed by atoms with Gasteiger partial charge in [-0.2, -0.15) is 13.2 Å². The minimum Gasteiger partial charge on any atom is -0.376 e. The molecule has 10 heteroatoms. The summed E-state index contributed by atoms with van der Waals surface area (Å²) in [7, 11) is 0. The average molecular weight is 380 g/mol. The van der Waals surface area contributed by atoms with Crippen molar-refractivity contribution in [2.45, 2.75) is 6.18 Å². The number of hydrogen-bond acceptors (Lipinski definition) is 4. The monoisotopic (exact) mass is 380 g/mol. The van der Waals surface area contributed by atoms with Crippen LogP contribution in [0.2, 0.25) is 0 Å². The average Bonchev–Trinajstić information content (AvgIpc) is 2.60. The third-order valence-corrected chi connectivity index (χ3v) is 3.32. The van der Waals surface area contributed by atoms with E-state index in [0.29, 0.717) is 0 Å². The molecule has 0 aliphatic heterocycles. The number of alkyl halides is 3. The van der Waals surface area contributed by atoms with Crippen LogP contribution >= 0.6 is 0 Å². The summed E-state index contributed by atoms with van der Waals surface area (Å²) in [5.41, 5.74) is 3.51. The lowest BCUT2D eigenvalue weighted by Gasteiger charge is -2.16. The summed E-state index contributed by atoms with van der Waals surface area (Å²) in [6.45, 7) is -0.595. The van der Waals surface area contributed by atoms with E-state index in [1.165, 1.54) is 18.2 Å². The Balaban J connectivity index is 2.19. The van der Waals surface area contributed by atoms with E-state index >= 15 is 0 Å². The van der Waals surface area contributed by atoms with Crippen LogP contribution in [0.15, 0.2) is 48.5 Å². The summed E-state index contributed by atoms with van der Waals surface area (Å²) >= 11 is 0. The van der Waals surface area contributed by atoms with E-state index in [1.54, 1.807) is 23.5 Å². The molecular weight excluding hydrogens is 365 g/mol. The van der Waals surface area contributed by atoms with Gasteiger partial charge in [0.15, 0.2) is 0 Å². The summed E-state index contributed by atoms with van der Waals surface area (Å²) in [5, 5.41) is 6.39. The fraction of sp³-hybridized carbons (Fsp3) is 0.118. The molecule has 5 N–H and O–H groups in total. The number of nitrogens with one attached hydrogen (secondary N) is 3. The fourth-order valence-corrected chi connectivity index (χ4v) is 2.16. The van der Waals surface area contributed by atoms with Crippen molar-refractivity contribution in [1.29, 1.82) is 0 Å². The number of carbonyl (C=O) groups is 3. The molecule has 0 radical (unpaired) electrons. The van der Waals surface area contributed by atoms with Gasteiger partial charge in [-0.05, 0) is 30.3 Å². The van der Waals surface area contributed by atoms with E-state index in [-0.39, 0.29) is 16.9 Å². The van der Waals surface area contributed by atoms with Crippen LogP contribution in [0.5, 0.6) is 0 Å². The number of carbonyl (C=O) groups excluding carboxylic acids is 3. The van der Waals surface area contributed by atoms with Gasteiger partial charge in [0.1, 0.15) is 0 Å². The summed E-state index contributed by atoms with van der Waals surface area (Å²) < 4.78 is 39.9. The van der Waals surface area contributed by atoms with Gasteiger partial charge in [0.25, 0.3) is 5.91 Å². The maximum atomic E-state index is 13.3. The lowest BCUT2D eigenvalue weighted by atomic mass is 10.1. The minimum atomic E-state index is -4.74. The number of imide groups is 1. The fourth-order valence-electron chi connectivity index (χ4n) is 2.16. The molecule has 0 aromatic heterocycles. The van der Waals surface area contributed by atoms with Gasteiger partial charge in [0, 0.05) is 16.9 Å². The number of primary amides is 1. The molecule has 27 heavy (non-hydrogen) atoms. The van der Waals surface area contributed by atoms with Crippen molar-refractivity contribution in [3.8, 4) is 0 Å². The van der Waals surface area contributed by atoms with Crippen molar-refractivity contribution < 1.29 is 27.6 Å². The van der Waals surface area contributed by atoms with Gasteiger partial charge in [-0.25, -0.2) is 4.79 Å². The Morgan fingerprint density at radius 3 is 2.26 bits per heavy atom. The molecule has 0 saturated heterocycles. The largest absolute Gasteiger partial charge is 0.418 e. The second-order valence-electron chi connectivity index (χ2n) is 5.34. The van der Waals surface area contributed by atoms with Crippen LogP contribution in [-0.2, 0) is 11.0 Å². The molecule has 0 heterocycles. The molecule has 4 amide bonds. The van der Waals surface area contributed by atoms with Crippen LogP contribution < -0.4 is 21.7 Å². The molecule has 2 rings (SSSR count). The molecule has 0 atom stereocenters. The second-order valence-corrected chi connectivity index (χ2v) is 5.34. The van der Waals surface area contributed by atoms with Gasteiger partial charge in [0.2, 0.25) is 5.91 Å². The normalized spacial score (nSPS) is 10.8. The van der Waals surface area contributed by atoms with Crippen LogP contribution in [0.3, 0.4) is 0 Å². The first-order valence-electron chi connectivity index (χ1n) is 7.57. The molecular formula is C17H15F3N4O3. The van der Waals surface area contributed by atoms with Crippen molar-refractivity contribution in [2.75, 3.05) is 17.2 Å². The molecule has 2 aromatic carbocycles. The Bertz CT molecular complexity index is 854. The highest BCUT2D eigenvalue weighted by atomic mass is 19.4. The Kier molecular flexibility index (Phi) is 6.01. The topological polar surface area (TPSA) is 113 Å². The summed E-state index contributed by atoms with van der Waals surface area (Å²) in [6.07, 6.45) is -4.74. The first kappa shape index (κ1) is 19.8. The van der Waals surface area contributed by atoms with E-state index in [2.05, 4.69) is 10.6 Å². The van der Waals surface area contributed by atoms with E-state index in [9.17, 15) is 27.6 Å². The van der Waals surface area contributed by atoms with Crippen molar-refractivity contribution >= 4 is 29.2 Å². The highest BCUT2D eigenvalue weighted by molar-refractivity contribution is 6.04. The smallest absolute Gasteiger partial charge is 0.376 e. The maximum Gasteiger partial charge on any atom is 0.418 e. The van der Waals surface area contributed by atoms with Gasteiger partial charge >= 0.3 is 12.2 Å². The predicted octanol–water partition coefficient (Wildman–Crippen LogP) is 2.56. The molecule has 0 bridgehead atoms. The van der Waals surface area contributed by atoms with Crippen LogP contribution in [0.1, 0.15) is 15.9 Å². The molecule has 0 aliphatic carbocycles. The molecule has 2 aromatic rings. The number of rotatable bonds is 5. The Hall–Kier alpha value is -3.56. The van der Waals surface area contributed by atoms with E-state index in [4.69, 9.17) is 5.73 Å². The number of anilines is 2. The van der Waals surface area contributed by atoms with Gasteiger partial charge in [-0.1, -0.05) is 18.2 Å². The Labute approximate surface area is 151 Å². The first-order chi connectivity index (χ1) is 12.7. The van der Waals surface area contributed by atoms with Crippen LogP contribution in [-0.4, -0.2) is 24.4 Å². The minimum absolute atomic E-state index is 0.0664. The predicted molar refractivity (Wildman–Crippen MR) is 92.1 cm³/mol. The SMILES string of the molecule is NC(=O)NC(=O)CNc1ccc(NC(=O)c2ccccc2)cc1C(F)(F)F. The highest BCUT2D eigenvalue weighted by Crippen LogP contribution is 2.36. The summed E-state index contributed by atoms with van der Waals surface area (Å²) in [4.78, 5) is 34.0. The van der Waals surface area contributed by atoms with E-state index in [1.807, 2.05) is 0 Å². The molecule has 0 unspecified atom stereocenters. The van der Waals surface area contributed by atoms with Gasteiger partial charge in [-0.15, -0.1) is 0 Å². The van der Waals surface area contributed by atoms with Crippen LogP contribution in [0.25, 0.3) is 0 Å². The first-order valence-corrected chi connectivity index (χ1v) is 7.57. The van der Waals surface area contributed by atoms with Gasteiger partial charge in [-0.3, -0.25) is 14.9 Å². The van der Waals surface area contributed by atoms with Gasteiger partial charge < -0.3 is 16.4 Å². The van der Waals surface area contributed by atoms with Crippen molar-refractivity contribution in [3.05, 3.63) is 59.7 Å². The lowest BCUT2D eigenvalue weighted by Crippen LogP contribution is -2.38. The van der Waals surface area contributed by atoms with Gasteiger partial charge in [0.05, 0.1) is 12.1 Å². The van der Waals surface area contributed by atoms with Crippen LogP contribution in [0, 0.1) is 0 Å². The molecule has 0 saturated carbocycles. The lowest BCUT2D eigenvalue weighted by molar-refractivity contribution is -0.137. The number of nitrogens with two attached hydrogens (primary N) is 1. The van der Waals surface area contributed by atoms with Crippen molar-refractivity contribution in [3.63, 3.8) is 0 Å². The second kappa shape index (κ2) is 8.21.